The highest BCUT2D eigenvalue weighted by molar-refractivity contribution is 5.53. The first-order chi connectivity index (χ1) is 4.54. The van der Waals surface area contributed by atoms with Gasteiger partial charge in [-0.25, -0.2) is 13.6 Å². The average Bonchev–Trinajstić information content (AvgIpc) is 1.85. The lowest BCUT2D eigenvalue weighted by Gasteiger charge is -1.79. The zero-order valence-corrected chi connectivity index (χ0v) is 5.34. The Morgan fingerprint density at radius 3 is 1.90 bits per heavy atom. The fourth-order valence-electron chi connectivity index (χ4n) is 0.0292. The number of alkyl halides is 1. The summed E-state index contributed by atoms with van der Waals surface area (Å²) < 4.78 is 22.1. The summed E-state index contributed by atoms with van der Waals surface area (Å²) in [5.41, 5.74) is 0.134. The molecule has 0 aromatic carbocycles. The van der Waals surface area contributed by atoms with Gasteiger partial charge in [-0.05, 0) is 12.5 Å². The van der Waals surface area contributed by atoms with E-state index in [1.165, 1.54) is 6.92 Å². The van der Waals surface area contributed by atoms with E-state index in [1.807, 2.05) is 0 Å². The highest BCUT2D eigenvalue weighted by Gasteiger charge is 1.79. The third-order valence-electron chi connectivity index (χ3n) is 0.397. The highest BCUT2D eigenvalue weighted by Crippen LogP contribution is 1.90. The largest absolute Gasteiger partial charge is 0.503 e. The molecule has 0 unspecified atom stereocenters. The van der Waals surface area contributed by atoms with E-state index in [1.54, 1.807) is 0 Å². The normalized spacial score (nSPS) is 9.70. The number of carboxylic acid groups (broad SMARTS) is 2. The number of hydrogen-bond donors (Lipinski definition) is 2. The number of hydrogen-bond acceptors (Lipinski definition) is 1. The van der Waals surface area contributed by atoms with Crippen molar-refractivity contribution in [3.05, 3.63) is 11.9 Å². The van der Waals surface area contributed by atoms with E-state index in [0.717, 1.165) is 0 Å². The molecular formula is C5H8F2O3. The van der Waals surface area contributed by atoms with Crippen LogP contribution in [0.3, 0.4) is 0 Å². The summed E-state index contributed by atoms with van der Waals surface area (Å²) in [5.74, 6) is 0. The quantitative estimate of drug-likeness (QED) is 0.607. The van der Waals surface area contributed by atoms with Crippen LogP contribution < -0.4 is 0 Å². The van der Waals surface area contributed by atoms with Crippen LogP contribution in [0.15, 0.2) is 11.9 Å². The average molecular weight is 154 g/mol. The number of allylic oxidation sites excluding steroid dienone is 1. The molecule has 5 heteroatoms. The standard InChI is InChI=1S/C4H6F2.CH2O3/c1-4(2-5)3-6;2-1(3)4/h2H,3H2,1H3;(H2,2,3,4). The Hall–Kier alpha value is -1.13. The van der Waals surface area contributed by atoms with Crippen LogP contribution in [-0.2, 0) is 0 Å². The van der Waals surface area contributed by atoms with Gasteiger partial charge in [-0.3, -0.25) is 0 Å². The van der Waals surface area contributed by atoms with Crippen LogP contribution in [0.25, 0.3) is 0 Å². The highest BCUT2D eigenvalue weighted by atomic mass is 19.1. The zero-order valence-electron chi connectivity index (χ0n) is 5.34. The molecule has 2 N–H and O–H groups in total. The fourth-order valence-corrected chi connectivity index (χ4v) is 0.0292. The van der Waals surface area contributed by atoms with Gasteiger partial charge in [0, 0.05) is 0 Å². The molecule has 0 aliphatic carbocycles. The third-order valence-corrected chi connectivity index (χ3v) is 0.397. The van der Waals surface area contributed by atoms with Crippen LogP contribution in [0, 0.1) is 0 Å². The monoisotopic (exact) mass is 154 g/mol. The molecule has 60 valence electrons. The van der Waals surface area contributed by atoms with E-state index < -0.39 is 12.8 Å². The maximum atomic E-state index is 11.1. The second-order valence-electron chi connectivity index (χ2n) is 1.37. The molecule has 0 aliphatic heterocycles. The van der Waals surface area contributed by atoms with Gasteiger partial charge in [0.2, 0.25) is 0 Å². The van der Waals surface area contributed by atoms with E-state index in [0.29, 0.717) is 0 Å². The van der Waals surface area contributed by atoms with Gasteiger partial charge in [0.05, 0.1) is 6.33 Å². The van der Waals surface area contributed by atoms with Gasteiger partial charge in [-0.15, -0.1) is 0 Å². The van der Waals surface area contributed by atoms with Crippen molar-refractivity contribution < 1.29 is 23.8 Å². The fraction of sp³-hybridized carbons (Fsp3) is 0.400. The lowest BCUT2D eigenvalue weighted by Crippen LogP contribution is -1.81. The van der Waals surface area contributed by atoms with Crippen LogP contribution in [0.1, 0.15) is 6.92 Å². The molecular weight excluding hydrogens is 146 g/mol. The number of halogens is 2. The van der Waals surface area contributed by atoms with Crippen molar-refractivity contribution in [2.75, 3.05) is 6.67 Å². The third kappa shape index (κ3) is 28.7. The molecule has 0 aliphatic rings. The molecule has 0 rings (SSSR count). The van der Waals surface area contributed by atoms with Crippen LogP contribution in [-0.4, -0.2) is 23.0 Å². The lowest BCUT2D eigenvalue weighted by atomic mass is 10.4. The lowest BCUT2D eigenvalue weighted by molar-refractivity contribution is 0.137. The number of rotatable bonds is 1. The van der Waals surface area contributed by atoms with Gasteiger partial charge in [0.25, 0.3) is 0 Å². The Bertz CT molecular complexity index is 118. The smallest absolute Gasteiger partial charge is 0.450 e. The first-order valence-corrected chi connectivity index (χ1v) is 2.28. The molecule has 0 radical (unpaired) electrons. The maximum absolute atomic E-state index is 11.1. The Balaban J connectivity index is 0. The minimum Gasteiger partial charge on any atom is -0.450 e. The molecule has 0 spiro atoms. The Morgan fingerprint density at radius 1 is 1.60 bits per heavy atom. The molecule has 0 aromatic rings. The molecule has 0 saturated heterocycles. The second-order valence-corrected chi connectivity index (χ2v) is 1.37. The first-order valence-electron chi connectivity index (χ1n) is 2.28. The van der Waals surface area contributed by atoms with Gasteiger partial charge < -0.3 is 10.2 Å². The zero-order chi connectivity index (χ0) is 8.57. The SMILES string of the molecule is CC(=CF)CF.O=C(O)O. The molecule has 10 heavy (non-hydrogen) atoms. The molecule has 0 atom stereocenters. The second kappa shape index (κ2) is 7.87. The van der Waals surface area contributed by atoms with Crippen molar-refractivity contribution in [3.8, 4) is 0 Å². The minimum absolute atomic E-state index is 0.134. The summed E-state index contributed by atoms with van der Waals surface area (Å²) >= 11 is 0. The van der Waals surface area contributed by atoms with E-state index in [4.69, 9.17) is 15.0 Å². The van der Waals surface area contributed by atoms with Crippen molar-refractivity contribution in [2.45, 2.75) is 6.92 Å². The molecule has 0 aromatic heterocycles. The number of carbonyl (C=O) groups is 1. The first kappa shape index (κ1) is 11.6. The van der Waals surface area contributed by atoms with Crippen molar-refractivity contribution in [3.63, 3.8) is 0 Å². The van der Waals surface area contributed by atoms with Gasteiger partial charge in [0.1, 0.15) is 6.67 Å². The topological polar surface area (TPSA) is 57.5 Å². The van der Waals surface area contributed by atoms with E-state index in [-0.39, 0.29) is 11.9 Å². The van der Waals surface area contributed by atoms with Crippen LogP contribution in [0.4, 0.5) is 13.6 Å². The van der Waals surface area contributed by atoms with Gasteiger partial charge in [0.15, 0.2) is 0 Å². The van der Waals surface area contributed by atoms with Gasteiger partial charge in [-0.1, -0.05) is 0 Å². The summed E-state index contributed by atoms with van der Waals surface area (Å²) in [7, 11) is 0. The minimum atomic E-state index is -1.83. The summed E-state index contributed by atoms with van der Waals surface area (Å²) in [6, 6.07) is 0. The maximum Gasteiger partial charge on any atom is 0.503 e. The van der Waals surface area contributed by atoms with Crippen molar-refractivity contribution in [1.29, 1.82) is 0 Å². The summed E-state index contributed by atoms with van der Waals surface area (Å²) in [5, 5.41) is 13.9. The molecule has 0 bridgehead atoms. The Morgan fingerprint density at radius 2 is 1.90 bits per heavy atom. The van der Waals surface area contributed by atoms with Crippen molar-refractivity contribution >= 4 is 6.16 Å². The molecule has 0 heterocycles. The van der Waals surface area contributed by atoms with Crippen molar-refractivity contribution in [2.24, 2.45) is 0 Å². The van der Waals surface area contributed by atoms with Gasteiger partial charge in [-0.2, -0.15) is 0 Å². The summed E-state index contributed by atoms with van der Waals surface area (Å²) in [6.07, 6.45) is -1.57. The van der Waals surface area contributed by atoms with Crippen LogP contribution in [0.5, 0.6) is 0 Å². The molecule has 3 nitrogen and oxygen atoms in total. The summed E-state index contributed by atoms with van der Waals surface area (Å²) in [4.78, 5) is 8.56. The van der Waals surface area contributed by atoms with E-state index >= 15 is 0 Å². The van der Waals surface area contributed by atoms with Gasteiger partial charge >= 0.3 is 6.16 Å². The van der Waals surface area contributed by atoms with E-state index in [2.05, 4.69) is 0 Å². The van der Waals surface area contributed by atoms with Crippen LogP contribution >= 0.6 is 0 Å². The van der Waals surface area contributed by atoms with E-state index in [9.17, 15) is 8.78 Å². The molecule has 0 fully saturated rings. The van der Waals surface area contributed by atoms with Crippen LogP contribution in [0.2, 0.25) is 0 Å². The van der Waals surface area contributed by atoms with Crippen molar-refractivity contribution in [1.82, 2.24) is 0 Å². The summed E-state index contributed by atoms with van der Waals surface area (Å²) in [6.45, 7) is 0.705. The Kier molecular flexibility index (Phi) is 9.16. The molecule has 0 amide bonds. The predicted octanol–water partition coefficient (Wildman–Crippen LogP) is 2.05. The molecule has 0 saturated carbocycles. The predicted molar refractivity (Wildman–Crippen MR) is 31.5 cm³/mol. The Labute approximate surface area is 56.6 Å².